The SMILES string of the molecule is CCNC(=NCCNS(=O)(=O)c1cccs1)NCCc1ccc(F)cc1C.I. The smallest absolute Gasteiger partial charge is 0.250 e. The molecule has 0 aliphatic heterocycles. The average molecular weight is 540 g/mol. The van der Waals surface area contributed by atoms with Crippen LogP contribution in [0.5, 0.6) is 0 Å². The van der Waals surface area contributed by atoms with Crippen LogP contribution in [0.1, 0.15) is 18.1 Å². The maximum Gasteiger partial charge on any atom is 0.250 e. The van der Waals surface area contributed by atoms with Crippen molar-refractivity contribution in [3.8, 4) is 0 Å². The highest BCUT2D eigenvalue weighted by Crippen LogP contribution is 2.14. The molecule has 2 aromatic rings. The standard InChI is InChI=1S/C18H25FN4O2S2.HI/c1-3-20-18(21-9-8-15-6-7-16(19)13-14(15)2)22-10-11-23-27(24,25)17-5-4-12-26-17;/h4-7,12-13,23H,3,8-11H2,1-2H3,(H2,20,21,22);1H. The minimum Gasteiger partial charge on any atom is -0.357 e. The summed E-state index contributed by atoms with van der Waals surface area (Å²) >= 11 is 1.18. The van der Waals surface area contributed by atoms with E-state index in [1.807, 2.05) is 13.8 Å². The molecular formula is C18H26FIN4O2S2. The van der Waals surface area contributed by atoms with E-state index in [1.165, 1.54) is 23.5 Å². The van der Waals surface area contributed by atoms with Gasteiger partial charge < -0.3 is 10.6 Å². The number of hydrogen-bond donors (Lipinski definition) is 3. The van der Waals surface area contributed by atoms with Crippen LogP contribution in [0.2, 0.25) is 0 Å². The Bertz CT molecular complexity index is 858. The van der Waals surface area contributed by atoms with E-state index >= 15 is 0 Å². The largest absolute Gasteiger partial charge is 0.357 e. The van der Waals surface area contributed by atoms with Gasteiger partial charge in [-0.3, -0.25) is 4.99 Å². The molecule has 0 bridgehead atoms. The zero-order valence-corrected chi connectivity index (χ0v) is 19.8. The van der Waals surface area contributed by atoms with Crippen molar-refractivity contribution in [1.82, 2.24) is 15.4 Å². The third kappa shape index (κ3) is 8.02. The number of nitrogens with zero attached hydrogens (tertiary/aromatic N) is 1. The highest BCUT2D eigenvalue weighted by atomic mass is 127. The summed E-state index contributed by atoms with van der Waals surface area (Å²) in [5, 5.41) is 8.05. The second kappa shape index (κ2) is 12.3. The third-order valence-electron chi connectivity index (χ3n) is 3.77. The Morgan fingerprint density at radius 2 is 2.00 bits per heavy atom. The molecule has 0 aliphatic carbocycles. The van der Waals surface area contributed by atoms with Gasteiger partial charge in [-0.25, -0.2) is 17.5 Å². The molecule has 1 aromatic heterocycles. The van der Waals surface area contributed by atoms with Crippen LogP contribution in [0, 0.1) is 12.7 Å². The Morgan fingerprint density at radius 3 is 2.64 bits per heavy atom. The zero-order chi connectivity index (χ0) is 19.7. The first kappa shape index (κ1) is 24.8. The minimum absolute atomic E-state index is 0. The molecule has 0 radical (unpaired) electrons. The van der Waals surface area contributed by atoms with Crippen molar-refractivity contribution >= 4 is 51.3 Å². The highest BCUT2D eigenvalue weighted by Gasteiger charge is 2.13. The molecule has 0 atom stereocenters. The lowest BCUT2D eigenvalue weighted by Gasteiger charge is -2.12. The van der Waals surface area contributed by atoms with Crippen molar-refractivity contribution in [3.63, 3.8) is 0 Å². The van der Waals surface area contributed by atoms with Crippen LogP contribution in [0.4, 0.5) is 4.39 Å². The lowest BCUT2D eigenvalue weighted by atomic mass is 10.1. The second-order valence-corrected chi connectivity index (χ2v) is 8.78. The first-order valence-electron chi connectivity index (χ1n) is 8.72. The normalized spacial score (nSPS) is 11.8. The fourth-order valence-corrected chi connectivity index (χ4v) is 4.49. The summed E-state index contributed by atoms with van der Waals surface area (Å²) in [6.45, 7) is 5.71. The second-order valence-electron chi connectivity index (χ2n) is 5.84. The minimum atomic E-state index is -3.46. The van der Waals surface area contributed by atoms with Crippen LogP contribution < -0.4 is 15.4 Å². The van der Waals surface area contributed by atoms with Gasteiger partial charge in [-0.1, -0.05) is 12.1 Å². The number of halogens is 2. The first-order valence-corrected chi connectivity index (χ1v) is 11.1. The number of aryl methyl sites for hydroxylation is 1. The predicted molar refractivity (Wildman–Crippen MR) is 124 cm³/mol. The molecule has 10 heteroatoms. The van der Waals surface area contributed by atoms with Crippen molar-refractivity contribution in [3.05, 3.63) is 52.7 Å². The topological polar surface area (TPSA) is 82.6 Å². The Balaban J connectivity index is 0.00000392. The first-order chi connectivity index (χ1) is 12.9. The number of aliphatic imine (C=N–C) groups is 1. The van der Waals surface area contributed by atoms with E-state index < -0.39 is 10.0 Å². The van der Waals surface area contributed by atoms with Gasteiger partial charge in [0.1, 0.15) is 10.0 Å². The van der Waals surface area contributed by atoms with Crippen LogP contribution in [0.25, 0.3) is 0 Å². The molecule has 0 aliphatic rings. The molecule has 1 aromatic carbocycles. The lowest BCUT2D eigenvalue weighted by molar-refractivity contribution is 0.584. The van der Waals surface area contributed by atoms with Gasteiger partial charge in [-0.2, -0.15) is 0 Å². The van der Waals surface area contributed by atoms with Crippen LogP contribution >= 0.6 is 35.3 Å². The number of guanidine groups is 1. The van der Waals surface area contributed by atoms with E-state index in [0.29, 0.717) is 29.8 Å². The monoisotopic (exact) mass is 540 g/mol. The summed E-state index contributed by atoms with van der Waals surface area (Å²) < 4.78 is 40.1. The maximum atomic E-state index is 13.2. The molecule has 28 heavy (non-hydrogen) atoms. The van der Waals surface area contributed by atoms with Gasteiger partial charge in [0.2, 0.25) is 10.0 Å². The Kier molecular flexibility index (Phi) is 10.9. The van der Waals surface area contributed by atoms with Crippen molar-refractivity contribution in [2.24, 2.45) is 4.99 Å². The molecule has 0 fully saturated rings. The zero-order valence-electron chi connectivity index (χ0n) is 15.9. The molecule has 0 amide bonds. The third-order valence-corrected chi connectivity index (χ3v) is 6.63. The fraction of sp³-hybridized carbons (Fsp3) is 0.389. The van der Waals surface area contributed by atoms with E-state index in [2.05, 4.69) is 20.3 Å². The van der Waals surface area contributed by atoms with Crippen molar-refractivity contribution in [2.45, 2.75) is 24.5 Å². The molecule has 6 nitrogen and oxygen atoms in total. The number of rotatable bonds is 9. The molecule has 0 spiro atoms. The van der Waals surface area contributed by atoms with Crippen molar-refractivity contribution < 1.29 is 12.8 Å². The molecule has 0 saturated heterocycles. The summed E-state index contributed by atoms with van der Waals surface area (Å²) in [7, 11) is -3.46. The summed E-state index contributed by atoms with van der Waals surface area (Å²) in [5.41, 5.74) is 1.99. The van der Waals surface area contributed by atoms with Crippen LogP contribution in [0.15, 0.2) is 44.9 Å². The molecule has 156 valence electrons. The van der Waals surface area contributed by atoms with Crippen LogP contribution in [-0.4, -0.2) is 40.6 Å². The van der Waals surface area contributed by atoms with Crippen molar-refractivity contribution in [1.29, 1.82) is 0 Å². The Morgan fingerprint density at radius 1 is 1.21 bits per heavy atom. The number of nitrogens with one attached hydrogen (secondary N) is 3. The van der Waals surface area contributed by atoms with E-state index in [0.717, 1.165) is 17.5 Å². The summed E-state index contributed by atoms with van der Waals surface area (Å²) in [6.07, 6.45) is 0.738. The lowest BCUT2D eigenvalue weighted by Crippen LogP contribution is -2.39. The summed E-state index contributed by atoms with van der Waals surface area (Å²) in [4.78, 5) is 4.38. The van der Waals surface area contributed by atoms with Gasteiger partial charge in [0, 0.05) is 19.6 Å². The van der Waals surface area contributed by atoms with Crippen molar-refractivity contribution in [2.75, 3.05) is 26.2 Å². The molecule has 0 unspecified atom stereocenters. The molecule has 1 heterocycles. The van der Waals surface area contributed by atoms with E-state index in [-0.39, 0.29) is 36.3 Å². The van der Waals surface area contributed by atoms with Crippen LogP contribution in [-0.2, 0) is 16.4 Å². The van der Waals surface area contributed by atoms with Gasteiger partial charge in [0.15, 0.2) is 5.96 Å². The molecule has 0 saturated carbocycles. The fourth-order valence-electron chi connectivity index (χ4n) is 2.43. The summed E-state index contributed by atoms with van der Waals surface area (Å²) in [5.74, 6) is 0.386. The Hall–Kier alpha value is -1.24. The van der Waals surface area contributed by atoms with E-state index in [1.54, 1.807) is 23.6 Å². The number of sulfonamides is 1. The quantitative estimate of drug-likeness (QED) is 0.198. The van der Waals surface area contributed by atoms with Gasteiger partial charge >= 0.3 is 0 Å². The average Bonchev–Trinajstić information content (AvgIpc) is 3.16. The number of benzene rings is 1. The molecular weight excluding hydrogens is 514 g/mol. The van der Waals surface area contributed by atoms with E-state index in [4.69, 9.17) is 0 Å². The predicted octanol–water partition coefficient (Wildman–Crippen LogP) is 2.89. The van der Waals surface area contributed by atoms with Gasteiger partial charge in [-0.05, 0) is 55.0 Å². The maximum absolute atomic E-state index is 13.2. The van der Waals surface area contributed by atoms with Gasteiger partial charge in [-0.15, -0.1) is 35.3 Å². The van der Waals surface area contributed by atoms with E-state index in [9.17, 15) is 12.8 Å². The number of thiophene rings is 1. The Labute approximate surface area is 187 Å². The molecule has 2 rings (SSSR count). The van der Waals surface area contributed by atoms with Gasteiger partial charge in [0.05, 0.1) is 6.54 Å². The van der Waals surface area contributed by atoms with Crippen LogP contribution in [0.3, 0.4) is 0 Å². The molecule has 3 N–H and O–H groups in total. The highest BCUT2D eigenvalue weighted by molar-refractivity contribution is 14.0. The number of hydrogen-bond acceptors (Lipinski definition) is 4. The van der Waals surface area contributed by atoms with Gasteiger partial charge in [0.25, 0.3) is 0 Å². The summed E-state index contributed by atoms with van der Waals surface area (Å²) in [6, 6.07) is 8.04.